The van der Waals surface area contributed by atoms with Gasteiger partial charge < -0.3 is 15.4 Å². The molecule has 1 amide bonds. The van der Waals surface area contributed by atoms with Gasteiger partial charge in [-0.05, 0) is 38.3 Å². The Morgan fingerprint density at radius 1 is 1.47 bits per heavy atom. The monoisotopic (exact) mass is 262 g/mol. The van der Waals surface area contributed by atoms with Gasteiger partial charge in [-0.25, -0.2) is 0 Å². The molecule has 104 valence electrons. The van der Waals surface area contributed by atoms with Crippen molar-refractivity contribution in [1.29, 1.82) is 0 Å². The van der Waals surface area contributed by atoms with E-state index < -0.39 is 0 Å². The molecule has 0 aromatic heterocycles. The first kappa shape index (κ1) is 13.7. The van der Waals surface area contributed by atoms with Gasteiger partial charge in [0.25, 0.3) is 0 Å². The zero-order chi connectivity index (χ0) is 13.7. The average molecular weight is 262 g/mol. The molecule has 4 heteroatoms. The van der Waals surface area contributed by atoms with Gasteiger partial charge in [0.1, 0.15) is 5.75 Å². The van der Waals surface area contributed by atoms with Crippen LogP contribution in [0.2, 0.25) is 0 Å². The van der Waals surface area contributed by atoms with Gasteiger partial charge >= 0.3 is 0 Å². The van der Waals surface area contributed by atoms with Crippen LogP contribution < -0.4 is 10.5 Å². The van der Waals surface area contributed by atoms with E-state index in [1.165, 1.54) is 6.42 Å². The number of nitrogens with two attached hydrogens (primary N) is 1. The second kappa shape index (κ2) is 6.45. The van der Waals surface area contributed by atoms with Crippen molar-refractivity contribution >= 4 is 11.6 Å². The second-order valence-corrected chi connectivity index (χ2v) is 5.10. The summed E-state index contributed by atoms with van der Waals surface area (Å²) in [5.74, 6) is 0.913. The van der Waals surface area contributed by atoms with E-state index in [1.807, 2.05) is 23.1 Å². The van der Waals surface area contributed by atoms with Gasteiger partial charge in [-0.2, -0.15) is 0 Å². The maximum absolute atomic E-state index is 12.1. The minimum Gasteiger partial charge on any atom is -0.493 e. The fraction of sp³-hybridized carbons (Fsp3) is 0.533. The zero-order valence-electron chi connectivity index (χ0n) is 11.5. The van der Waals surface area contributed by atoms with E-state index in [4.69, 9.17) is 10.5 Å². The van der Waals surface area contributed by atoms with E-state index in [-0.39, 0.29) is 5.91 Å². The van der Waals surface area contributed by atoms with Crippen LogP contribution in [0.15, 0.2) is 24.3 Å². The van der Waals surface area contributed by atoms with Gasteiger partial charge in [0.2, 0.25) is 5.91 Å². The summed E-state index contributed by atoms with van der Waals surface area (Å²) in [6.07, 6.45) is 3.89. The Balaban J connectivity index is 1.77. The summed E-state index contributed by atoms with van der Waals surface area (Å²) in [7, 11) is 0. The molecule has 2 N–H and O–H groups in total. The number of hydrogen-bond donors (Lipinski definition) is 1. The van der Waals surface area contributed by atoms with Crippen molar-refractivity contribution in [2.24, 2.45) is 0 Å². The van der Waals surface area contributed by atoms with E-state index in [1.54, 1.807) is 6.07 Å². The molecule has 1 unspecified atom stereocenters. The van der Waals surface area contributed by atoms with Crippen molar-refractivity contribution in [1.82, 2.24) is 4.90 Å². The molecule has 1 aromatic rings. The van der Waals surface area contributed by atoms with E-state index in [0.717, 1.165) is 25.1 Å². The number of nitrogens with zero attached hydrogens (tertiary/aromatic N) is 1. The molecule has 1 atom stereocenters. The number of hydrogen-bond acceptors (Lipinski definition) is 3. The van der Waals surface area contributed by atoms with Crippen LogP contribution in [-0.4, -0.2) is 30.0 Å². The van der Waals surface area contributed by atoms with E-state index in [9.17, 15) is 4.79 Å². The number of benzene rings is 1. The summed E-state index contributed by atoms with van der Waals surface area (Å²) in [6, 6.07) is 7.65. The van der Waals surface area contributed by atoms with Crippen LogP contribution in [-0.2, 0) is 4.79 Å². The SMILES string of the molecule is CC1CCCCN1C(=O)CCOc1cccc(N)c1. The fourth-order valence-electron chi connectivity index (χ4n) is 2.47. The predicted octanol–water partition coefficient (Wildman–Crippen LogP) is 2.44. The second-order valence-electron chi connectivity index (χ2n) is 5.10. The molecule has 1 aromatic carbocycles. The Kier molecular flexibility index (Phi) is 4.66. The molecule has 0 radical (unpaired) electrons. The van der Waals surface area contributed by atoms with Crippen molar-refractivity contribution in [3.63, 3.8) is 0 Å². The summed E-state index contributed by atoms with van der Waals surface area (Å²) in [4.78, 5) is 14.1. The third-order valence-electron chi connectivity index (χ3n) is 3.57. The molecule has 0 spiro atoms. The van der Waals surface area contributed by atoms with Gasteiger partial charge in [-0.15, -0.1) is 0 Å². The van der Waals surface area contributed by atoms with Crippen LogP contribution in [0, 0.1) is 0 Å². The fourth-order valence-corrected chi connectivity index (χ4v) is 2.47. The lowest BCUT2D eigenvalue weighted by molar-refractivity contribution is -0.134. The van der Waals surface area contributed by atoms with Crippen LogP contribution in [0.5, 0.6) is 5.75 Å². The van der Waals surface area contributed by atoms with E-state index >= 15 is 0 Å². The zero-order valence-corrected chi connectivity index (χ0v) is 11.5. The number of carbonyl (C=O) groups is 1. The lowest BCUT2D eigenvalue weighted by Crippen LogP contribution is -2.42. The normalized spacial score (nSPS) is 19.2. The molecule has 1 fully saturated rings. The number of rotatable bonds is 4. The van der Waals surface area contributed by atoms with Gasteiger partial charge in [-0.3, -0.25) is 4.79 Å². The van der Waals surface area contributed by atoms with Crippen molar-refractivity contribution in [2.45, 2.75) is 38.6 Å². The summed E-state index contributed by atoms with van der Waals surface area (Å²) in [6.45, 7) is 3.42. The number of nitrogen functional groups attached to an aromatic ring is 1. The highest BCUT2D eigenvalue weighted by molar-refractivity contribution is 5.76. The first-order chi connectivity index (χ1) is 9.16. The van der Waals surface area contributed by atoms with Crippen molar-refractivity contribution < 1.29 is 9.53 Å². The molecular weight excluding hydrogens is 240 g/mol. The highest BCUT2D eigenvalue weighted by Gasteiger charge is 2.22. The number of carbonyl (C=O) groups excluding carboxylic acids is 1. The van der Waals surface area contributed by atoms with Gasteiger partial charge in [0.15, 0.2) is 0 Å². The van der Waals surface area contributed by atoms with Crippen molar-refractivity contribution in [3.8, 4) is 5.75 Å². The molecule has 0 bridgehead atoms. The first-order valence-electron chi connectivity index (χ1n) is 6.94. The predicted molar refractivity (Wildman–Crippen MR) is 76.0 cm³/mol. The molecule has 1 aliphatic rings. The standard InChI is InChI=1S/C15H22N2O2/c1-12-5-2-3-9-17(12)15(18)8-10-19-14-7-4-6-13(16)11-14/h4,6-7,11-12H,2-3,5,8-10,16H2,1H3. The van der Waals surface area contributed by atoms with E-state index in [2.05, 4.69) is 6.92 Å². The van der Waals surface area contributed by atoms with Crippen LogP contribution in [0.25, 0.3) is 0 Å². The van der Waals surface area contributed by atoms with Crippen LogP contribution in [0.4, 0.5) is 5.69 Å². The average Bonchev–Trinajstić information content (AvgIpc) is 2.39. The summed E-state index contributed by atoms with van der Waals surface area (Å²) < 4.78 is 5.56. The molecule has 1 heterocycles. The van der Waals surface area contributed by atoms with Gasteiger partial charge in [0.05, 0.1) is 13.0 Å². The lowest BCUT2D eigenvalue weighted by atomic mass is 10.0. The number of anilines is 1. The maximum atomic E-state index is 12.1. The summed E-state index contributed by atoms with van der Waals surface area (Å²) >= 11 is 0. The number of amides is 1. The molecule has 0 saturated carbocycles. The Labute approximate surface area is 114 Å². The van der Waals surface area contributed by atoms with Gasteiger partial charge in [-0.1, -0.05) is 6.07 Å². The summed E-state index contributed by atoms with van der Waals surface area (Å²) in [5.41, 5.74) is 6.34. The molecular formula is C15H22N2O2. The van der Waals surface area contributed by atoms with Crippen LogP contribution >= 0.6 is 0 Å². The first-order valence-corrected chi connectivity index (χ1v) is 6.94. The number of piperidine rings is 1. The highest BCUT2D eigenvalue weighted by atomic mass is 16.5. The Bertz CT molecular complexity index is 434. The molecule has 1 aliphatic heterocycles. The molecule has 4 nitrogen and oxygen atoms in total. The summed E-state index contributed by atoms with van der Waals surface area (Å²) in [5, 5.41) is 0. The molecule has 0 aliphatic carbocycles. The largest absolute Gasteiger partial charge is 0.493 e. The highest BCUT2D eigenvalue weighted by Crippen LogP contribution is 2.18. The Morgan fingerprint density at radius 2 is 2.32 bits per heavy atom. The third-order valence-corrected chi connectivity index (χ3v) is 3.57. The minimum atomic E-state index is 0.191. The number of ether oxygens (including phenoxy) is 1. The quantitative estimate of drug-likeness (QED) is 0.848. The Hall–Kier alpha value is -1.71. The van der Waals surface area contributed by atoms with Crippen LogP contribution in [0.3, 0.4) is 0 Å². The van der Waals surface area contributed by atoms with Crippen molar-refractivity contribution in [2.75, 3.05) is 18.9 Å². The third kappa shape index (κ3) is 3.88. The lowest BCUT2D eigenvalue weighted by Gasteiger charge is -2.33. The van der Waals surface area contributed by atoms with E-state index in [0.29, 0.717) is 24.8 Å². The minimum absolute atomic E-state index is 0.191. The smallest absolute Gasteiger partial charge is 0.226 e. The maximum Gasteiger partial charge on any atom is 0.226 e. The topological polar surface area (TPSA) is 55.6 Å². The molecule has 19 heavy (non-hydrogen) atoms. The van der Waals surface area contributed by atoms with Crippen molar-refractivity contribution in [3.05, 3.63) is 24.3 Å². The van der Waals surface area contributed by atoms with Gasteiger partial charge in [0, 0.05) is 24.3 Å². The molecule has 2 rings (SSSR count). The van der Waals surface area contributed by atoms with Crippen LogP contribution in [0.1, 0.15) is 32.6 Å². The number of likely N-dealkylation sites (tertiary alicyclic amines) is 1. The molecule has 1 saturated heterocycles. The Morgan fingerprint density at radius 3 is 3.05 bits per heavy atom.